The Balaban J connectivity index is 0.000000148. The third kappa shape index (κ3) is 10.3. The molecule has 6 nitrogen and oxygen atoms in total. The van der Waals surface area contributed by atoms with Gasteiger partial charge in [0.15, 0.2) is 0 Å². The predicted octanol–water partition coefficient (Wildman–Crippen LogP) is 20.7. The van der Waals surface area contributed by atoms with E-state index in [0.29, 0.717) is 12.8 Å². The van der Waals surface area contributed by atoms with Gasteiger partial charge in [-0.2, -0.15) is 47.5 Å². The Morgan fingerprint density at radius 2 is 0.884 bits per heavy atom. The average molecular weight is 1590 g/mol. The average Bonchev–Trinajstić information content (AvgIpc) is 1.55. The number of nitrogens with zero attached hydrogens (tertiary/aromatic N) is 6. The summed E-state index contributed by atoms with van der Waals surface area (Å²) in [5.41, 5.74) is 20.8. The fourth-order valence-corrected chi connectivity index (χ4v) is 13.9. The van der Waals surface area contributed by atoms with Gasteiger partial charge in [-0.15, -0.1) is 81.6 Å². The maximum atomic E-state index is 13.7. The summed E-state index contributed by atoms with van der Waals surface area (Å²) < 4.78 is 45.3. The zero-order valence-electron chi connectivity index (χ0n) is 50.2. The van der Waals surface area contributed by atoms with Crippen LogP contribution in [0.4, 0.5) is 13.2 Å². The Bertz CT molecular complexity index is 6170. The molecular formula is C84H47F3N6Pt2. The van der Waals surface area contributed by atoms with Gasteiger partial charge in [0.25, 0.3) is 0 Å². The maximum Gasteiger partial charge on any atom is 2.00 e. The van der Waals surface area contributed by atoms with E-state index in [1.807, 2.05) is 61.1 Å². The van der Waals surface area contributed by atoms with Crippen molar-refractivity contribution in [3.8, 4) is 55.9 Å². The van der Waals surface area contributed by atoms with Crippen LogP contribution in [0.15, 0.2) is 261 Å². The van der Waals surface area contributed by atoms with Crippen LogP contribution in [0.1, 0.15) is 22.3 Å². The van der Waals surface area contributed by atoms with Crippen LogP contribution >= 0.6 is 0 Å². The van der Waals surface area contributed by atoms with Crippen LogP contribution in [0, 0.1) is 41.7 Å². The summed E-state index contributed by atoms with van der Waals surface area (Å²) in [6.07, 6.45) is 6.89. The number of fused-ring (bicyclic) bond motifs is 14. The molecule has 8 heterocycles. The van der Waals surface area contributed by atoms with Gasteiger partial charge >= 0.3 is 42.1 Å². The van der Waals surface area contributed by atoms with Crippen LogP contribution in [-0.4, -0.2) is 28.7 Å². The Labute approximate surface area is 571 Å². The molecule has 11 heteroatoms. The number of hydrogen-bond acceptors (Lipinski definition) is 4. The van der Waals surface area contributed by atoms with Gasteiger partial charge in [-0.3, -0.25) is 4.98 Å². The SMILES string of the molecule is Fc1ccc(-c2ccc3c(-c4[c-]c(Cc5[c-]c6c(cc5)c5cccc7c8cc(-c9ccc(F)cc9)cnc8n6c57)ccc4)nccc3c2)cc1.Fc1ccc(-c2ccnc3c2c2cccc4c5ccc(Cc6[c-]c(-c7ccc8ccccc8n7)ccc6)[c-]c5n3c42)cc1.[Pt+2].[Pt+2]. The van der Waals surface area contributed by atoms with Crippen LogP contribution in [0.5, 0.6) is 0 Å². The van der Waals surface area contributed by atoms with Crippen molar-refractivity contribution in [3.05, 3.63) is 325 Å². The quantitative estimate of drug-likeness (QED) is 0.135. The molecule has 0 amide bonds. The van der Waals surface area contributed by atoms with Crippen LogP contribution in [0.3, 0.4) is 0 Å². The number of hydrogen-bond donors (Lipinski definition) is 0. The molecule has 0 saturated heterocycles. The van der Waals surface area contributed by atoms with E-state index in [2.05, 4.69) is 173 Å². The number of rotatable bonds is 9. The third-order valence-electron chi connectivity index (χ3n) is 18.2. The minimum Gasteiger partial charge on any atom is -0.318 e. The fraction of sp³-hybridized carbons (Fsp3) is 0.0238. The van der Waals surface area contributed by atoms with Crippen molar-refractivity contribution in [2.75, 3.05) is 0 Å². The van der Waals surface area contributed by atoms with Crippen molar-refractivity contribution >= 4 is 98.1 Å². The van der Waals surface area contributed by atoms with Crippen LogP contribution < -0.4 is 0 Å². The molecule has 0 radical (unpaired) electrons. The molecule has 95 heavy (non-hydrogen) atoms. The molecule has 0 aliphatic heterocycles. The molecule has 0 N–H and O–H groups in total. The minimum absolute atomic E-state index is 0. The summed E-state index contributed by atoms with van der Waals surface area (Å²) >= 11 is 0. The standard InChI is InChI=1S/C45H25F2N3.C39H22FN3.2Pt/c46-35-13-8-29(9-14-35)31-12-18-37-32(24-31)19-20-48-43(37)33-4-1-3-27(22-33)21-28-7-17-38-39-5-2-6-40-41-25-34(30-10-15-36(47)16-11-30)26-49-45(41)50(44(39)40)42(38)23-28;40-29-15-12-26(13-16-29)30-19-20-41-39-37(30)33-9-4-8-32-31-17-11-25(23-36(31)43(39)38(32)33)21-24-5-3-7-28(22-24)35-18-14-27-6-1-2-10-34(27)42-35;;/h1-20,24-26H,21H2;1-20H,21H2;;/q2*-2;2*+2. The summed E-state index contributed by atoms with van der Waals surface area (Å²) in [4.78, 5) is 19.5. The number of halogens is 3. The van der Waals surface area contributed by atoms with E-state index in [-0.39, 0.29) is 59.6 Å². The van der Waals surface area contributed by atoms with E-state index in [0.717, 1.165) is 166 Å². The van der Waals surface area contributed by atoms with Crippen molar-refractivity contribution < 1.29 is 55.3 Å². The molecule has 0 atom stereocenters. The van der Waals surface area contributed by atoms with E-state index < -0.39 is 0 Å². The maximum absolute atomic E-state index is 13.7. The topological polar surface area (TPSA) is 60.4 Å². The molecule has 0 aliphatic rings. The van der Waals surface area contributed by atoms with Crippen LogP contribution in [0.2, 0.25) is 0 Å². The normalized spacial score (nSPS) is 11.7. The molecule has 0 aliphatic carbocycles. The molecular weight excluding hydrogens is 1540 g/mol. The van der Waals surface area contributed by atoms with Gasteiger partial charge in [0.05, 0.1) is 5.52 Å². The van der Waals surface area contributed by atoms with Crippen molar-refractivity contribution in [1.29, 1.82) is 0 Å². The summed E-state index contributed by atoms with van der Waals surface area (Å²) in [5.74, 6) is -0.745. The molecule has 19 rings (SSSR count). The van der Waals surface area contributed by atoms with Crippen LogP contribution in [-0.2, 0) is 55.0 Å². The fourth-order valence-electron chi connectivity index (χ4n) is 13.9. The van der Waals surface area contributed by atoms with Gasteiger partial charge in [-0.05, 0) is 146 Å². The third-order valence-corrected chi connectivity index (χ3v) is 18.2. The Morgan fingerprint density at radius 3 is 1.57 bits per heavy atom. The first-order valence-corrected chi connectivity index (χ1v) is 30.8. The monoisotopic (exact) mass is 1590 g/mol. The van der Waals surface area contributed by atoms with Crippen LogP contribution in [0.25, 0.3) is 154 Å². The summed E-state index contributed by atoms with van der Waals surface area (Å²) in [7, 11) is 0. The van der Waals surface area contributed by atoms with Crippen molar-refractivity contribution in [2.45, 2.75) is 12.8 Å². The van der Waals surface area contributed by atoms with Gasteiger partial charge in [-0.25, -0.2) is 23.1 Å². The zero-order chi connectivity index (χ0) is 61.8. The molecule has 8 aromatic heterocycles. The Morgan fingerprint density at radius 1 is 0.347 bits per heavy atom. The van der Waals surface area contributed by atoms with E-state index >= 15 is 0 Å². The van der Waals surface area contributed by atoms with Gasteiger partial charge < -0.3 is 13.8 Å². The second-order valence-electron chi connectivity index (χ2n) is 23.8. The second kappa shape index (κ2) is 24.0. The Kier molecular flexibility index (Phi) is 15.0. The van der Waals surface area contributed by atoms with Crippen molar-refractivity contribution in [3.63, 3.8) is 0 Å². The second-order valence-corrected chi connectivity index (χ2v) is 23.8. The number of pyridine rings is 4. The van der Waals surface area contributed by atoms with E-state index in [1.54, 1.807) is 24.3 Å². The molecule has 19 aromatic rings. The van der Waals surface area contributed by atoms with E-state index in [9.17, 15) is 13.2 Å². The van der Waals surface area contributed by atoms with E-state index in [1.165, 1.54) is 47.2 Å². The largest absolute Gasteiger partial charge is 2.00 e. The smallest absolute Gasteiger partial charge is 0.318 e. The number of para-hydroxylation sites is 3. The zero-order valence-corrected chi connectivity index (χ0v) is 54.7. The number of aromatic nitrogens is 6. The first-order chi connectivity index (χ1) is 45.8. The first-order valence-electron chi connectivity index (χ1n) is 30.8. The summed E-state index contributed by atoms with van der Waals surface area (Å²) in [6, 6.07) is 93.3. The molecule has 0 bridgehead atoms. The summed E-state index contributed by atoms with van der Waals surface area (Å²) in [6.45, 7) is 0. The minimum atomic E-state index is -0.256. The van der Waals surface area contributed by atoms with Crippen molar-refractivity contribution in [1.82, 2.24) is 28.7 Å². The van der Waals surface area contributed by atoms with Crippen molar-refractivity contribution in [2.24, 2.45) is 0 Å². The molecule has 454 valence electrons. The van der Waals surface area contributed by atoms with Gasteiger partial charge in [0, 0.05) is 56.7 Å². The van der Waals surface area contributed by atoms with E-state index in [4.69, 9.17) is 19.9 Å². The molecule has 0 spiro atoms. The molecule has 0 saturated carbocycles. The summed E-state index contributed by atoms with van der Waals surface area (Å²) in [5, 5.41) is 12.2. The molecule has 0 fully saturated rings. The Hall–Kier alpha value is -10.7. The predicted molar refractivity (Wildman–Crippen MR) is 369 cm³/mol. The first kappa shape index (κ1) is 59.3. The molecule has 0 unspecified atom stereocenters. The van der Waals surface area contributed by atoms with Gasteiger partial charge in [0.1, 0.15) is 28.7 Å². The molecule has 11 aromatic carbocycles. The number of benzene rings is 11. The van der Waals surface area contributed by atoms with Gasteiger partial charge in [-0.1, -0.05) is 126 Å². The van der Waals surface area contributed by atoms with Gasteiger partial charge in [0.2, 0.25) is 0 Å².